The average Bonchev–Trinajstić information content (AvgIpc) is 2.35. The van der Waals surface area contributed by atoms with Gasteiger partial charge in [0.05, 0.1) is 18.8 Å². The number of methoxy groups -OCH3 is 1. The van der Waals surface area contributed by atoms with Gasteiger partial charge in [0.1, 0.15) is 11.8 Å². The molecule has 0 aliphatic rings. The van der Waals surface area contributed by atoms with Gasteiger partial charge in [0.15, 0.2) is 0 Å². The van der Waals surface area contributed by atoms with E-state index in [1.807, 2.05) is 38.1 Å². The van der Waals surface area contributed by atoms with E-state index >= 15 is 0 Å². The van der Waals surface area contributed by atoms with Gasteiger partial charge in [-0.2, -0.15) is 5.26 Å². The Morgan fingerprint density at radius 2 is 1.94 bits per heavy atom. The lowest BCUT2D eigenvalue weighted by atomic mass is 10.1. The van der Waals surface area contributed by atoms with E-state index in [4.69, 9.17) is 14.7 Å². The third kappa shape index (κ3) is 4.74. The first-order valence-corrected chi connectivity index (χ1v) is 6.06. The van der Waals surface area contributed by atoms with E-state index < -0.39 is 0 Å². The third-order valence-corrected chi connectivity index (χ3v) is 2.37. The smallest absolute Gasteiger partial charge is 0.121 e. The summed E-state index contributed by atoms with van der Waals surface area (Å²) in [4.78, 5) is 0. The van der Waals surface area contributed by atoms with Crippen molar-refractivity contribution in [2.75, 3.05) is 20.3 Å². The zero-order chi connectivity index (χ0) is 13.4. The summed E-state index contributed by atoms with van der Waals surface area (Å²) in [5.41, 5.74) is 0.935. The highest BCUT2D eigenvalue weighted by Gasteiger charge is 2.09. The molecule has 4 nitrogen and oxygen atoms in total. The molecule has 0 fully saturated rings. The molecule has 4 heteroatoms. The second-order valence-electron chi connectivity index (χ2n) is 4.24. The molecule has 1 aromatic carbocycles. The van der Waals surface area contributed by atoms with Gasteiger partial charge in [0.2, 0.25) is 0 Å². The Balaban J connectivity index is 2.61. The molecule has 1 aromatic rings. The molecular formula is C14H20N2O2. The lowest BCUT2D eigenvalue weighted by molar-refractivity contribution is 0.198. The molecule has 0 heterocycles. The summed E-state index contributed by atoms with van der Waals surface area (Å²) >= 11 is 0. The minimum absolute atomic E-state index is 0.155. The number of rotatable bonds is 7. The first-order valence-electron chi connectivity index (χ1n) is 6.06. The Bertz CT molecular complexity index is 382. The SMILES string of the molecule is COCCNC(C#N)c1ccc(OC(C)C)cc1. The molecule has 0 spiro atoms. The lowest BCUT2D eigenvalue weighted by Gasteiger charge is -2.13. The molecule has 0 radical (unpaired) electrons. The van der Waals surface area contributed by atoms with Crippen LogP contribution < -0.4 is 10.1 Å². The summed E-state index contributed by atoms with van der Waals surface area (Å²) < 4.78 is 10.5. The number of ether oxygens (including phenoxy) is 2. The van der Waals surface area contributed by atoms with Crippen molar-refractivity contribution in [3.63, 3.8) is 0 Å². The minimum atomic E-state index is -0.312. The van der Waals surface area contributed by atoms with Crippen LogP contribution in [-0.2, 0) is 4.74 Å². The molecule has 1 N–H and O–H groups in total. The maximum absolute atomic E-state index is 9.11. The Labute approximate surface area is 109 Å². The zero-order valence-electron chi connectivity index (χ0n) is 11.1. The van der Waals surface area contributed by atoms with Crippen molar-refractivity contribution in [2.45, 2.75) is 26.0 Å². The van der Waals surface area contributed by atoms with Gasteiger partial charge >= 0.3 is 0 Å². The van der Waals surface area contributed by atoms with Crippen LogP contribution in [0.1, 0.15) is 25.5 Å². The van der Waals surface area contributed by atoms with E-state index in [-0.39, 0.29) is 12.1 Å². The van der Waals surface area contributed by atoms with Crippen LogP contribution in [0.15, 0.2) is 24.3 Å². The topological polar surface area (TPSA) is 54.3 Å². The molecule has 18 heavy (non-hydrogen) atoms. The van der Waals surface area contributed by atoms with Crippen molar-refractivity contribution < 1.29 is 9.47 Å². The van der Waals surface area contributed by atoms with Crippen LogP contribution in [0, 0.1) is 11.3 Å². The van der Waals surface area contributed by atoms with E-state index in [1.165, 1.54) is 0 Å². The highest BCUT2D eigenvalue weighted by molar-refractivity contribution is 5.31. The molecule has 1 rings (SSSR count). The molecule has 1 unspecified atom stereocenters. The number of hydrogen-bond acceptors (Lipinski definition) is 4. The lowest BCUT2D eigenvalue weighted by Crippen LogP contribution is -2.23. The van der Waals surface area contributed by atoms with Gasteiger partial charge in [0.25, 0.3) is 0 Å². The van der Waals surface area contributed by atoms with Crippen LogP contribution in [-0.4, -0.2) is 26.4 Å². The fourth-order valence-electron chi connectivity index (χ4n) is 1.55. The van der Waals surface area contributed by atoms with Gasteiger partial charge in [-0.3, -0.25) is 5.32 Å². The molecule has 0 aliphatic heterocycles. The van der Waals surface area contributed by atoms with Crippen molar-refractivity contribution >= 4 is 0 Å². The number of benzene rings is 1. The van der Waals surface area contributed by atoms with Gasteiger partial charge in [-0.25, -0.2) is 0 Å². The second kappa shape index (κ2) is 7.70. The number of nitriles is 1. The highest BCUT2D eigenvalue weighted by atomic mass is 16.5. The van der Waals surface area contributed by atoms with Crippen molar-refractivity contribution in [2.24, 2.45) is 0 Å². The van der Waals surface area contributed by atoms with E-state index in [2.05, 4.69) is 11.4 Å². The van der Waals surface area contributed by atoms with Gasteiger partial charge in [-0.05, 0) is 31.5 Å². The molecule has 0 aliphatic carbocycles. The summed E-state index contributed by atoms with van der Waals surface area (Å²) in [7, 11) is 1.64. The summed E-state index contributed by atoms with van der Waals surface area (Å²) in [5.74, 6) is 0.822. The molecule has 0 amide bonds. The summed E-state index contributed by atoms with van der Waals surface area (Å²) in [5, 5.41) is 12.2. The molecule has 0 bridgehead atoms. The van der Waals surface area contributed by atoms with Crippen molar-refractivity contribution in [1.82, 2.24) is 5.32 Å². The Morgan fingerprint density at radius 1 is 1.28 bits per heavy atom. The predicted octanol–water partition coefficient (Wildman–Crippen LogP) is 2.27. The number of nitrogens with zero attached hydrogens (tertiary/aromatic N) is 1. The Hall–Kier alpha value is -1.57. The van der Waals surface area contributed by atoms with Crippen molar-refractivity contribution in [3.05, 3.63) is 29.8 Å². The van der Waals surface area contributed by atoms with Crippen LogP contribution in [0.5, 0.6) is 5.75 Å². The van der Waals surface area contributed by atoms with Crippen LogP contribution >= 0.6 is 0 Å². The van der Waals surface area contributed by atoms with Gasteiger partial charge in [-0.15, -0.1) is 0 Å². The Kier molecular flexibility index (Phi) is 6.20. The Morgan fingerprint density at radius 3 is 2.44 bits per heavy atom. The van der Waals surface area contributed by atoms with Crippen LogP contribution in [0.25, 0.3) is 0 Å². The first kappa shape index (κ1) is 14.5. The summed E-state index contributed by atoms with van der Waals surface area (Å²) in [6, 6.07) is 9.51. The molecule has 98 valence electrons. The van der Waals surface area contributed by atoms with E-state index in [0.717, 1.165) is 11.3 Å². The minimum Gasteiger partial charge on any atom is -0.491 e. The summed E-state index contributed by atoms with van der Waals surface area (Å²) in [6.07, 6.45) is 0.155. The van der Waals surface area contributed by atoms with Crippen LogP contribution in [0.4, 0.5) is 0 Å². The second-order valence-corrected chi connectivity index (χ2v) is 4.24. The van der Waals surface area contributed by atoms with Gasteiger partial charge < -0.3 is 9.47 Å². The van der Waals surface area contributed by atoms with E-state index in [1.54, 1.807) is 7.11 Å². The molecule has 0 saturated carbocycles. The maximum atomic E-state index is 9.11. The maximum Gasteiger partial charge on any atom is 0.121 e. The van der Waals surface area contributed by atoms with Gasteiger partial charge in [0, 0.05) is 13.7 Å². The molecule has 0 aromatic heterocycles. The molecule has 1 atom stereocenters. The van der Waals surface area contributed by atoms with E-state index in [0.29, 0.717) is 13.2 Å². The monoisotopic (exact) mass is 248 g/mol. The van der Waals surface area contributed by atoms with Gasteiger partial charge in [-0.1, -0.05) is 12.1 Å². The normalized spacial score (nSPS) is 12.2. The first-order chi connectivity index (χ1) is 8.67. The average molecular weight is 248 g/mol. The quantitative estimate of drug-likeness (QED) is 0.752. The van der Waals surface area contributed by atoms with Crippen LogP contribution in [0.3, 0.4) is 0 Å². The van der Waals surface area contributed by atoms with Crippen LogP contribution in [0.2, 0.25) is 0 Å². The largest absolute Gasteiger partial charge is 0.491 e. The fraction of sp³-hybridized carbons (Fsp3) is 0.500. The predicted molar refractivity (Wildman–Crippen MR) is 70.4 cm³/mol. The fourth-order valence-corrected chi connectivity index (χ4v) is 1.55. The van der Waals surface area contributed by atoms with E-state index in [9.17, 15) is 0 Å². The molecule has 0 saturated heterocycles. The standard InChI is InChI=1S/C14H20N2O2/c1-11(2)18-13-6-4-12(5-7-13)14(10-15)16-8-9-17-3/h4-7,11,14,16H,8-9H2,1-3H3. The molecular weight excluding hydrogens is 228 g/mol. The third-order valence-electron chi connectivity index (χ3n) is 2.37. The highest BCUT2D eigenvalue weighted by Crippen LogP contribution is 2.18. The number of nitrogens with one attached hydrogen (secondary N) is 1. The van der Waals surface area contributed by atoms with Crippen molar-refractivity contribution in [1.29, 1.82) is 5.26 Å². The van der Waals surface area contributed by atoms with Crippen molar-refractivity contribution in [3.8, 4) is 11.8 Å². The summed E-state index contributed by atoms with van der Waals surface area (Å²) in [6.45, 7) is 5.21. The number of hydrogen-bond donors (Lipinski definition) is 1. The zero-order valence-corrected chi connectivity index (χ0v) is 11.1.